The van der Waals surface area contributed by atoms with Gasteiger partial charge in [0.1, 0.15) is 23.2 Å². The van der Waals surface area contributed by atoms with E-state index in [1.165, 1.54) is 0 Å². The van der Waals surface area contributed by atoms with Crippen molar-refractivity contribution in [2.45, 2.75) is 18.9 Å². The Balaban J connectivity index is 1.55. The SMILES string of the molecule is COc1cccc(Nc2cc(-c3nc(N4CCC(O)CC4)c4c(OC)cncc4n3)ccn2)n1. The maximum Gasteiger partial charge on any atom is 0.214 e. The fraction of sp³-hybridized carbons (Fsp3) is 0.292. The normalized spacial score (nSPS) is 14.3. The highest BCUT2D eigenvalue weighted by atomic mass is 16.5. The van der Waals surface area contributed by atoms with Gasteiger partial charge in [0.2, 0.25) is 5.88 Å². The summed E-state index contributed by atoms with van der Waals surface area (Å²) >= 11 is 0. The Hall–Kier alpha value is -4.05. The summed E-state index contributed by atoms with van der Waals surface area (Å²) in [4.78, 5) is 25.0. The molecule has 0 unspecified atom stereocenters. The Labute approximate surface area is 196 Å². The van der Waals surface area contributed by atoms with Crippen LogP contribution in [0.15, 0.2) is 48.9 Å². The Bertz CT molecular complexity index is 1310. The number of nitrogens with one attached hydrogen (secondary N) is 1. The Morgan fingerprint density at radius 3 is 2.65 bits per heavy atom. The van der Waals surface area contributed by atoms with Gasteiger partial charge in [-0.05, 0) is 31.0 Å². The zero-order valence-electron chi connectivity index (χ0n) is 19.0. The van der Waals surface area contributed by atoms with Crippen LogP contribution < -0.4 is 19.7 Å². The van der Waals surface area contributed by atoms with Crippen LogP contribution in [-0.2, 0) is 0 Å². The number of ether oxygens (including phenoxy) is 2. The van der Waals surface area contributed by atoms with E-state index in [0.717, 1.165) is 16.8 Å². The van der Waals surface area contributed by atoms with Crippen LogP contribution >= 0.6 is 0 Å². The Morgan fingerprint density at radius 1 is 1.00 bits per heavy atom. The molecule has 5 rings (SSSR count). The first-order chi connectivity index (χ1) is 16.6. The first-order valence-electron chi connectivity index (χ1n) is 11.0. The number of anilines is 3. The molecule has 34 heavy (non-hydrogen) atoms. The maximum absolute atomic E-state index is 9.98. The quantitative estimate of drug-likeness (QED) is 0.445. The lowest BCUT2D eigenvalue weighted by Crippen LogP contribution is -2.36. The Kier molecular flexibility index (Phi) is 6.05. The lowest BCUT2D eigenvalue weighted by Gasteiger charge is -2.31. The average Bonchev–Trinajstić information content (AvgIpc) is 2.88. The van der Waals surface area contributed by atoms with Crippen molar-refractivity contribution < 1.29 is 14.6 Å². The first kappa shape index (κ1) is 21.8. The molecule has 0 amide bonds. The van der Waals surface area contributed by atoms with Gasteiger partial charge in [-0.3, -0.25) is 4.98 Å². The standard InChI is InChI=1S/C24H25N7O3/c1-33-18-14-25-13-17-22(18)24(31-10-7-16(32)8-11-31)30-23(27-17)15-6-9-26-20(12-15)28-19-4-3-5-21(29-19)34-2/h3-6,9,12-14,16,32H,7-8,10-11H2,1-2H3,(H,26,28,29). The molecular weight excluding hydrogens is 434 g/mol. The van der Waals surface area contributed by atoms with E-state index in [2.05, 4.69) is 25.2 Å². The molecule has 174 valence electrons. The molecule has 0 aliphatic carbocycles. The van der Waals surface area contributed by atoms with Gasteiger partial charge in [0, 0.05) is 30.9 Å². The second-order valence-electron chi connectivity index (χ2n) is 7.94. The minimum atomic E-state index is -0.286. The van der Waals surface area contributed by atoms with Gasteiger partial charge in [-0.1, -0.05) is 6.07 Å². The summed E-state index contributed by atoms with van der Waals surface area (Å²) in [5.41, 5.74) is 1.48. The number of aliphatic hydroxyl groups is 1. The maximum atomic E-state index is 9.98. The van der Waals surface area contributed by atoms with Gasteiger partial charge >= 0.3 is 0 Å². The van der Waals surface area contributed by atoms with Crippen LogP contribution in [0.1, 0.15) is 12.8 Å². The zero-order valence-corrected chi connectivity index (χ0v) is 19.0. The van der Waals surface area contributed by atoms with E-state index >= 15 is 0 Å². The summed E-state index contributed by atoms with van der Waals surface area (Å²) in [6.07, 6.45) is 6.17. The van der Waals surface area contributed by atoms with Gasteiger partial charge in [0.05, 0.1) is 43.6 Å². The smallest absolute Gasteiger partial charge is 0.214 e. The van der Waals surface area contributed by atoms with Crippen LogP contribution in [0, 0.1) is 0 Å². The van der Waals surface area contributed by atoms with Gasteiger partial charge in [-0.25, -0.2) is 15.0 Å². The highest BCUT2D eigenvalue weighted by molar-refractivity contribution is 5.95. The van der Waals surface area contributed by atoms with Crippen LogP contribution in [-0.4, -0.2) is 63.4 Å². The van der Waals surface area contributed by atoms with E-state index < -0.39 is 0 Å². The van der Waals surface area contributed by atoms with Crippen molar-refractivity contribution in [1.29, 1.82) is 0 Å². The summed E-state index contributed by atoms with van der Waals surface area (Å²) in [6, 6.07) is 9.21. The highest BCUT2D eigenvalue weighted by Crippen LogP contribution is 2.35. The molecule has 1 aliphatic rings. The minimum Gasteiger partial charge on any atom is -0.494 e. The predicted molar refractivity (Wildman–Crippen MR) is 129 cm³/mol. The third-order valence-corrected chi connectivity index (χ3v) is 5.74. The monoisotopic (exact) mass is 459 g/mol. The molecule has 0 aromatic carbocycles. The predicted octanol–water partition coefficient (Wildman–Crippen LogP) is 3.20. The van der Waals surface area contributed by atoms with Crippen molar-refractivity contribution in [3.8, 4) is 23.0 Å². The van der Waals surface area contributed by atoms with Crippen LogP contribution in [0.3, 0.4) is 0 Å². The number of rotatable bonds is 6. The molecule has 1 fully saturated rings. The molecule has 5 heterocycles. The summed E-state index contributed by atoms with van der Waals surface area (Å²) < 4.78 is 10.8. The van der Waals surface area contributed by atoms with Crippen LogP contribution in [0.5, 0.6) is 11.6 Å². The van der Waals surface area contributed by atoms with Gasteiger partial charge in [-0.2, -0.15) is 4.98 Å². The molecule has 0 spiro atoms. The first-order valence-corrected chi connectivity index (χ1v) is 11.0. The summed E-state index contributed by atoms with van der Waals surface area (Å²) in [5.74, 6) is 3.67. The minimum absolute atomic E-state index is 0.286. The molecule has 0 atom stereocenters. The number of hydrogen-bond acceptors (Lipinski definition) is 10. The van der Waals surface area contributed by atoms with Gasteiger partial charge < -0.3 is 24.8 Å². The molecule has 10 nitrogen and oxygen atoms in total. The van der Waals surface area contributed by atoms with Crippen molar-refractivity contribution >= 4 is 28.4 Å². The lowest BCUT2D eigenvalue weighted by molar-refractivity contribution is 0.145. The topological polar surface area (TPSA) is 118 Å². The van der Waals surface area contributed by atoms with Crippen molar-refractivity contribution in [2.24, 2.45) is 0 Å². The second kappa shape index (κ2) is 9.44. The van der Waals surface area contributed by atoms with Gasteiger partial charge in [0.25, 0.3) is 0 Å². The second-order valence-corrected chi connectivity index (χ2v) is 7.94. The van der Waals surface area contributed by atoms with E-state index in [4.69, 9.17) is 19.4 Å². The number of nitrogens with zero attached hydrogens (tertiary/aromatic N) is 6. The van der Waals surface area contributed by atoms with Gasteiger partial charge in [-0.15, -0.1) is 0 Å². The van der Waals surface area contributed by atoms with E-state index in [1.54, 1.807) is 38.9 Å². The number of aliphatic hydroxyl groups excluding tert-OH is 1. The van der Waals surface area contributed by atoms with Crippen LogP contribution in [0.4, 0.5) is 17.5 Å². The summed E-state index contributed by atoms with van der Waals surface area (Å²) in [5, 5.41) is 14.0. The number of hydrogen-bond donors (Lipinski definition) is 2. The Morgan fingerprint density at radius 2 is 1.85 bits per heavy atom. The van der Waals surface area contributed by atoms with Crippen molar-refractivity contribution in [3.63, 3.8) is 0 Å². The molecule has 10 heteroatoms. The van der Waals surface area contributed by atoms with E-state index in [0.29, 0.717) is 60.5 Å². The molecular formula is C24H25N7O3. The summed E-state index contributed by atoms with van der Waals surface area (Å²) in [7, 11) is 3.19. The highest BCUT2D eigenvalue weighted by Gasteiger charge is 2.23. The third-order valence-electron chi connectivity index (χ3n) is 5.74. The zero-order chi connectivity index (χ0) is 23.5. The number of pyridine rings is 3. The number of fused-ring (bicyclic) bond motifs is 1. The number of aromatic nitrogens is 5. The average molecular weight is 460 g/mol. The van der Waals surface area contributed by atoms with E-state index in [1.807, 2.05) is 24.3 Å². The number of piperidine rings is 1. The molecule has 2 N–H and O–H groups in total. The molecule has 0 radical (unpaired) electrons. The van der Waals surface area contributed by atoms with Crippen LogP contribution in [0.2, 0.25) is 0 Å². The number of methoxy groups -OCH3 is 2. The van der Waals surface area contributed by atoms with Crippen molar-refractivity contribution in [3.05, 3.63) is 48.9 Å². The molecule has 0 bridgehead atoms. The van der Waals surface area contributed by atoms with E-state index in [9.17, 15) is 5.11 Å². The largest absolute Gasteiger partial charge is 0.494 e. The van der Waals surface area contributed by atoms with Crippen molar-refractivity contribution in [2.75, 3.05) is 37.5 Å². The molecule has 1 aliphatic heterocycles. The molecule has 1 saturated heterocycles. The van der Waals surface area contributed by atoms with E-state index in [-0.39, 0.29) is 6.10 Å². The lowest BCUT2D eigenvalue weighted by atomic mass is 10.1. The molecule has 0 saturated carbocycles. The fourth-order valence-corrected chi connectivity index (χ4v) is 3.99. The van der Waals surface area contributed by atoms with Crippen LogP contribution in [0.25, 0.3) is 22.3 Å². The molecule has 4 aromatic rings. The summed E-state index contributed by atoms with van der Waals surface area (Å²) in [6.45, 7) is 1.39. The fourth-order valence-electron chi connectivity index (χ4n) is 3.99. The van der Waals surface area contributed by atoms with Gasteiger partial charge in [0.15, 0.2) is 5.82 Å². The van der Waals surface area contributed by atoms with Crippen molar-refractivity contribution in [1.82, 2.24) is 24.9 Å². The third kappa shape index (κ3) is 4.40. The molecule has 4 aromatic heterocycles.